The van der Waals surface area contributed by atoms with Gasteiger partial charge in [-0.05, 0) is 13.0 Å². The molecule has 2 heterocycles. The second-order valence-electron chi connectivity index (χ2n) is 5.23. The first-order valence-corrected chi connectivity index (χ1v) is 6.77. The number of halogens is 3. The summed E-state index contributed by atoms with van der Waals surface area (Å²) in [5.74, 6) is 0.313. The zero-order chi connectivity index (χ0) is 15.6. The van der Waals surface area contributed by atoms with Crippen molar-refractivity contribution in [2.24, 2.45) is 5.73 Å². The van der Waals surface area contributed by atoms with Gasteiger partial charge in [-0.25, -0.2) is 4.98 Å². The van der Waals surface area contributed by atoms with Crippen molar-refractivity contribution in [2.45, 2.75) is 19.1 Å². The Hall–Kier alpha value is -1.83. The smallest absolute Gasteiger partial charge is 0.365 e. The van der Waals surface area contributed by atoms with Crippen molar-refractivity contribution < 1.29 is 27.8 Å². The van der Waals surface area contributed by atoms with E-state index in [0.717, 1.165) is 30.3 Å². The highest BCUT2D eigenvalue weighted by molar-refractivity contribution is 5.77. The molecule has 21 heavy (non-hydrogen) atoms. The van der Waals surface area contributed by atoms with Gasteiger partial charge in [0.2, 0.25) is 0 Å². The largest absolute Gasteiger partial charge is 0.419 e. The Bertz CT molecular complexity index is 495. The first-order valence-electron chi connectivity index (χ1n) is 6.77. The number of alkyl halides is 3. The monoisotopic (exact) mass is 304 g/mol. The molecule has 1 saturated heterocycles. The number of carbonyl (C=O) groups excluding carboxylic acids is 1. The molecule has 8 heteroatoms. The molecule has 4 N–H and O–H groups in total. The van der Waals surface area contributed by atoms with Crippen molar-refractivity contribution >= 4 is 11.7 Å². The van der Waals surface area contributed by atoms with Crippen LogP contribution >= 0.6 is 0 Å². The van der Waals surface area contributed by atoms with Crippen LogP contribution in [0.5, 0.6) is 0 Å². The van der Waals surface area contributed by atoms with Gasteiger partial charge in [0.15, 0.2) is 6.04 Å². The first kappa shape index (κ1) is 15.6. The van der Waals surface area contributed by atoms with E-state index < -0.39 is 11.7 Å². The van der Waals surface area contributed by atoms with Gasteiger partial charge in [0.05, 0.1) is 5.56 Å². The van der Waals surface area contributed by atoms with Crippen LogP contribution in [-0.4, -0.2) is 38.1 Å². The number of hydrogen-bond acceptors (Lipinski definition) is 2. The normalized spacial score (nSPS) is 18.6. The fourth-order valence-electron chi connectivity index (χ4n) is 2.46. The lowest BCUT2D eigenvalue weighted by Gasteiger charge is -2.30. The summed E-state index contributed by atoms with van der Waals surface area (Å²) >= 11 is 0. The van der Waals surface area contributed by atoms with Crippen LogP contribution < -0.4 is 20.5 Å². The Balaban J connectivity index is 1.98. The highest BCUT2D eigenvalue weighted by Crippen LogP contribution is 2.28. The molecule has 1 fully saturated rings. The van der Waals surface area contributed by atoms with Crippen LogP contribution in [0.4, 0.5) is 19.0 Å². The molecular weight excluding hydrogens is 285 g/mol. The molecule has 0 saturated carbocycles. The fraction of sp³-hybridized carbons (Fsp3) is 0.538. The van der Waals surface area contributed by atoms with Crippen molar-refractivity contribution in [3.63, 3.8) is 0 Å². The summed E-state index contributed by atoms with van der Waals surface area (Å²) in [4.78, 5) is 16.9. The van der Waals surface area contributed by atoms with Crippen molar-refractivity contribution in [1.82, 2.24) is 0 Å². The molecule has 0 spiro atoms. The van der Waals surface area contributed by atoms with Gasteiger partial charge in [0.1, 0.15) is 32.4 Å². The third-order valence-corrected chi connectivity index (χ3v) is 3.91. The van der Waals surface area contributed by atoms with Gasteiger partial charge in [-0.2, -0.15) is 13.2 Å². The Morgan fingerprint density at radius 3 is 2.43 bits per heavy atom. The lowest BCUT2D eigenvalue weighted by atomic mass is 10.2. The Morgan fingerprint density at radius 1 is 1.38 bits per heavy atom. The molecule has 116 valence electrons. The fourth-order valence-corrected chi connectivity index (χ4v) is 2.46. The molecule has 1 aromatic heterocycles. The van der Waals surface area contributed by atoms with Gasteiger partial charge in [-0.1, -0.05) is 0 Å². The van der Waals surface area contributed by atoms with E-state index >= 15 is 0 Å². The van der Waals surface area contributed by atoms with Crippen LogP contribution in [0, 0.1) is 0 Å². The maximum atomic E-state index is 12.5. The number of primary amides is 1. The SMILES string of the molecule is C[C@H](C(N)=O)[NH+]1CCN(c2ccc(C(F)(F)F)c[nH+]2)CC1. The van der Waals surface area contributed by atoms with Crippen LogP contribution in [0.3, 0.4) is 0 Å². The zero-order valence-corrected chi connectivity index (χ0v) is 11.7. The zero-order valence-electron chi connectivity index (χ0n) is 11.7. The van der Waals surface area contributed by atoms with E-state index in [2.05, 4.69) is 4.98 Å². The van der Waals surface area contributed by atoms with E-state index in [1.807, 2.05) is 4.90 Å². The highest BCUT2D eigenvalue weighted by atomic mass is 19.4. The van der Waals surface area contributed by atoms with Crippen molar-refractivity contribution in [1.29, 1.82) is 0 Å². The van der Waals surface area contributed by atoms with Crippen LogP contribution in [-0.2, 0) is 11.0 Å². The van der Waals surface area contributed by atoms with Crippen molar-refractivity contribution in [3.8, 4) is 0 Å². The highest BCUT2D eigenvalue weighted by Gasteiger charge is 2.34. The number of anilines is 1. The number of nitrogens with two attached hydrogens (primary N) is 1. The minimum atomic E-state index is -4.34. The summed E-state index contributed by atoms with van der Waals surface area (Å²) in [6.07, 6.45) is -3.37. The molecule has 1 amide bonds. The lowest BCUT2D eigenvalue weighted by Crippen LogP contribution is -3.19. The van der Waals surface area contributed by atoms with Crippen LogP contribution in [0.1, 0.15) is 12.5 Å². The molecule has 2 rings (SSSR count). The number of nitrogens with zero attached hydrogens (tertiary/aromatic N) is 1. The molecule has 0 aliphatic carbocycles. The Kier molecular flexibility index (Phi) is 4.36. The second kappa shape index (κ2) is 5.88. The molecule has 0 aromatic carbocycles. The molecule has 1 aliphatic rings. The number of rotatable bonds is 3. The number of nitrogens with one attached hydrogen (secondary N) is 2. The standard InChI is InChI=1S/C13H17F3N4O/c1-9(12(17)21)19-4-6-20(7-5-19)11-3-2-10(8-18-11)13(14,15)16/h2-3,8-9H,4-7H2,1H3,(H2,17,21)/p+2/t9-/m1/s1. The summed E-state index contributed by atoms with van der Waals surface area (Å²) in [5.41, 5.74) is 4.59. The van der Waals surface area contributed by atoms with Gasteiger partial charge < -0.3 is 10.6 Å². The number of hydrogen-bond donors (Lipinski definition) is 2. The number of aromatic nitrogens is 1. The molecule has 0 radical (unpaired) electrons. The van der Waals surface area contributed by atoms with Crippen LogP contribution in [0.25, 0.3) is 0 Å². The first-order chi connectivity index (χ1) is 9.79. The molecule has 0 unspecified atom stereocenters. The summed E-state index contributed by atoms with van der Waals surface area (Å²) in [6.45, 7) is 4.55. The predicted octanol–water partition coefficient (Wildman–Crippen LogP) is -0.902. The minimum Gasteiger partial charge on any atom is -0.365 e. The summed E-state index contributed by atoms with van der Waals surface area (Å²) in [7, 11) is 0. The van der Waals surface area contributed by atoms with Crippen molar-refractivity contribution in [2.75, 3.05) is 31.1 Å². The molecule has 5 nitrogen and oxygen atoms in total. The topological polar surface area (TPSA) is 64.9 Å². The van der Waals surface area contributed by atoms with Crippen molar-refractivity contribution in [3.05, 3.63) is 23.9 Å². The van der Waals surface area contributed by atoms with Gasteiger partial charge in [-0.15, -0.1) is 0 Å². The Labute approximate surface area is 120 Å². The molecule has 0 bridgehead atoms. The maximum absolute atomic E-state index is 12.5. The lowest BCUT2D eigenvalue weighted by molar-refractivity contribution is -0.914. The molecule has 1 aromatic rings. The molecule has 1 atom stereocenters. The minimum absolute atomic E-state index is 0.247. The van der Waals surface area contributed by atoms with E-state index in [0.29, 0.717) is 18.9 Å². The number of amides is 1. The van der Waals surface area contributed by atoms with Crippen LogP contribution in [0.15, 0.2) is 18.3 Å². The van der Waals surface area contributed by atoms with Crippen LogP contribution in [0.2, 0.25) is 0 Å². The number of pyridine rings is 1. The quantitative estimate of drug-likeness (QED) is 0.760. The second-order valence-corrected chi connectivity index (χ2v) is 5.23. The summed E-state index contributed by atoms with van der Waals surface area (Å²) in [5, 5.41) is 0. The number of H-pyrrole nitrogens is 1. The number of aromatic amines is 1. The van der Waals surface area contributed by atoms with E-state index in [4.69, 9.17) is 5.73 Å². The Morgan fingerprint density at radius 2 is 2.00 bits per heavy atom. The molecule has 1 aliphatic heterocycles. The maximum Gasteiger partial charge on any atom is 0.419 e. The number of piperazine rings is 1. The number of carbonyl (C=O) groups is 1. The van der Waals surface area contributed by atoms with Gasteiger partial charge in [-0.3, -0.25) is 9.69 Å². The third-order valence-electron chi connectivity index (χ3n) is 3.91. The van der Waals surface area contributed by atoms with E-state index in [9.17, 15) is 18.0 Å². The van der Waals surface area contributed by atoms with Gasteiger partial charge in [0.25, 0.3) is 11.7 Å². The third kappa shape index (κ3) is 3.63. The van der Waals surface area contributed by atoms with Gasteiger partial charge in [0, 0.05) is 6.07 Å². The average molecular weight is 304 g/mol. The summed E-state index contributed by atoms with van der Waals surface area (Å²) in [6, 6.07) is 2.26. The number of quaternary nitrogens is 1. The van der Waals surface area contributed by atoms with E-state index in [1.54, 1.807) is 6.92 Å². The average Bonchev–Trinajstić information content (AvgIpc) is 2.46. The predicted molar refractivity (Wildman–Crippen MR) is 69.6 cm³/mol. The van der Waals surface area contributed by atoms with E-state index in [-0.39, 0.29) is 11.9 Å². The van der Waals surface area contributed by atoms with E-state index in [1.165, 1.54) is 6.07 Å². The summed E-state index contributed by atoms with van der Waals surface area (Å²) < 4.78 is 37.5. The van der Waals surface area contributed by atoms with Gasteiger partial charge >= 0.3 is 6.18 Å². The molecular formula is C13H19F3N4O+2.